The highest BCUT2D eigenvalue weighted by molar-refractivity contribution is 9.11. The van der Waals surface area contributed by atoms with Crippen molar-refractivity contribution in [3.63, 3.8) is 0 Å². The van der Waals surface area contributed by atoms with Crippen LogP contribution in [0, 0.1) is 5.82 Å². The lowest BCUT2D eigenvalue weighted by Crippen LogP contribution is -2.21. The van der Waals surface area contributed by atoms with Crippen molar-refractivity contribution in [2.45, 2.75) is 64.2 Å². The number of amidine groups is 5. The van der Waals surface area contributed by atoms with Gasteiger partial charge in [-0.25, -0.2) is 4.39 Å². The van der Waals surface area contributed by atoms with Gasteiger partial charge in [-0.15, -0.1) is 0 Å². The zero-order chi connectivity index (χ0) is 92.8. The van der Waals surface area contributed by atoms with Gasteiger partial charge in [-0.2, -0.15) is 0 Å². The second-order valence-electron chi connectivity index (χ2n) is 32.6. The molecule has 134 heavy (non-hydrogen) atoms. The lowest BCUT2D eigenvalue weighted by atomic mass is 9.93. The molecule has 0 aliphatic carbocycles. The van der Waals surface area contributed by atoms with Gasteiger partial charge in [0.1, 0.15) is 40.7 Å². The molecule has 5 aliphatic heterocycles. The number of methoxy groups -OCH3 is 1. The Morgan fingerprint density at radius 1 is 0.269 bits per heavy atom. The number of rotatable bonds is 24. The molecule has 0 saturated heterocycles. The number of benzene rings is 15. The molecule has 0 aromatic heterocycles. The number of nitrogens with one attached hydrogen (secondary N) is 5. The van der Waals surface area contributed by atoms with Crippen LogP contribution >= 0.6 is 129 Å². The normalized spacial score (nSPS) is 13.4. The fourth-order valence-corrected chi connectivity index (χ4v) is 20.7. The van der Waals surface area contributed by atoms with E-state index in [0.29, 0.717) is 5.39 Å². The minimum atomic E-state index is -0.178. The monoisotopic (exact) mass is 2100 g/mol. The molecule has 0 saturated carbocycles. The Morgan fingerprint density at radius 3 is 1.09 bits per heavy atom. The second kappa shape index (κ2) is 47.2. The van der Waals surface area contributed by atoms with E-state index in [4.69, 9.17) is 85.9 Å². The van der Waals surface area contributed by atoms with E-state index in [9.17, 15) is 4.39 Å². The number of halogens is 11. The summed E-state index contributed by atoms with van der Waals surface area (Å²) in [5.41, 5.74) is 24.4. The van der Waals surface area contributed by atoms with Gasteiger partial charge in [-0.05, 0) is 255 Å². The van der Waals surface area contributed by atoms with Crippen molar-refractivity contribution in [3.8, 4) is 39.1 Å². The molecule has 22 heteroatoms. The molecule has 5 N–H and O–H groups in total. The molecule has 0 fully saturated rings. The summed E-state index contributed by atoms with van der Waals surface area (Å²) in [4.78, 5) is 22.8. The quantitative estimate of drug-likeness (QED) is 0.0410. The molecule has 20 rings (SSSR count). The maximum absolute atomic E-state index is 14.0. The number of aliphatic imine (C=N–C) groups is 5. The molecule has 678 valence electrons. The van der Waals surface area contributed by atoms with Crippen LogP contribution in [-0.2, 0) is 64.2 Å². The Labute approximate surface area is 843 Å². The second-order valence-corrected chi connectivity index (χ2v) is 38.2. The Morgan fingerprint density at radius 2 is 0.627 bits per heavy atom. The molecule has 15 aromatic carbocycles. The first-order valence-electron chi connectivity index (χ1n) is 44.9. The van der Waals surface area contributed by atoms with E-state index in [1.54, 1.807) is 13.2 Å². The van der Waals surface area contributed by atoms with Crippen LogP contribution in [0.25, 0.3) is 54.9 Å². The lowest BCUT2D eigenvalue weighted by Gasteiger charge is -2.15. The first kappa shape index (κ1) is 96.5. The number of ether oxygens (including phenoxy) is 1. The molecular formula is C112H97Br3Cl7FN10O. The molecule has 0 unspecified atom stereocenters. The maximum Gasteiger partial charge on any atom is 0.131 e. The Bertz CT molecular complexity index is 6930. The van der Waals surface area contributed by atoms with Crippen molar-refractivity contribution < 1.29 is 9.13 Å². The van der Waals surface area contributed by atoms with Crippen LogP contribution in [0.5, 0.6) is 5.75 Å². The number of aryl methyl sites for hydroxylation is 5. The first-order valence-corrected chi connectivity index (χ1v) is 49.9. The summed E-state index contributed by atoms with van der Waals surface area (Å²) in [6.45, 7) is 8.47. The predicted octanol–water partition coefficient (Wildman–Crippen LogP) is 28.4. The summed E-state index contributed by atoms with van der Waals surface area (Å²) in [6, 6.07) is 99.5. The van der Waals surface area contributed by atoms with Crippen molar-refractivity contribution in [1.82, 2.24) is 26.6 Å². The number of fused-ring (bicyclic) bond motifs is 2. The van der Waals surface area contributed by atoms with Gasteiger partial charge in [0.2, 0.25) is 0 Å². The van der Waals surface area contributed by atoms with Crippen LogP contribution in [-0.4, -0.2) is 102 Å². The van der Waals surface area contributed by atoms with Crippen LogP contribution in [0.15, 0.2) is 336 Å². The van der Waals surface area contributed by atoms with E-state index in [2.05, 4.69) is 257 Å². The van der Waals surface area contributed by atoms with Crippen molar-refractivity contribution in [2.75, 3.05) is 72.6 Å². The van der Waals surface area contributed by atoms with Gasteiger partial charge >= 0.3 is 0 Å². The maximum atomic E-state index is 14.0. The Balaban J connectivity index is 0.000000122. The first-order chi connectivity index (χ1) is 65.5. The van der Waals surface area contributed by atoms with Gasteiger partial charge in [0, 0.05) is 126 Å². The zero-order valence-corrected chi connectivity index (χ0v) is 83.8. The van der Waals surface area contributed by atoms with Gasteiger partial charge in [-0.1, -0.05) is 329 Å². The van der Waals surface area contributed by atoms with E-state index in [1.807, 2.05) is 133 Å². The molecule has 0 atom stereocenters. The van der Waals surface area contributed by atoms with Crippen molar-refractivity contribution in [3.05, 3.63) is 435 Å². The summed E-state index contributed by atoms with van der Waals surface area (Å²) >= 11 is 56.2. The van der Waals surface area contributed by atoms with Gasteiger partial charge in [0.15, 0.2) is 0 Å². The average Bonchev–Trinajstić information content (AvgIpc) is 1.02. The fraction of sp³-hybridized carbons (Fsp3) is 0.188. The van der Waals surface area contributed by atoms with Gasteiger partial charge < -0.3 is 31.3 Å². The third kappa shape index (κ3) is 24.2. The summed E-state index contributed by atoms with van der Waals surface area (Å²) in [6.07, 6.45) is 8.44. The highest BCUT2D eigenvalue weighted by atomic mass is 79.9. The molecule has 5 aliphatic rings. The third-order valence-electron chi connectivity index (χ3n) is 24.2. The van der Waals surface area contributed by atoms with Crippen LogP contribution < -0.4 is 31.3 Å². The molecule has 15 aromatic rings. The summed E-state index contributed by atoms with van der Waals surface area (Å²) < 4.78 is 22.9. The van der Waals surface area contributed by atoms with Crippen molar-refractivity contribution in [2.24, 2.45) is 25.0 Å². The zero-order valence-electron chi connectivity index (χ0n) is 73.7. The summed E-state index contributed by atoms with van der Waals surface area (Å²) in [5, 5.41) is 26.2. The molecule has 5 heterocycles. The van der Waals surface area contributed by atoms with E-state index in [-0.39, 0.29) is 5.82 Å². The van der Waals surface area contributed by atoms with Crippen molar-refractivity contribution in [1.29, 1.82) is 0 Å². The van der Waals surface area contributed by atoms with E-state index < -0.39 is 0 Å². The highest BCUT2D eigenvalue weighted by Gasteiger charge is 2.24. The van der Waals surface area contributed by atoms with Crippen LogP contribution in [0.1, 0.15) is 83.5 Å². The van der Waals surface area contributed by atoms with Crippen LogP contribution in [0.4, 0.5) is 4.39 Å². The largest absolute Gasteiger partial charge is 0.496 e. The standard InChI is InChI=1S/2C23H19BrCl2N2.C23H21ClN2.C22H20BrClN2O.C21H18ClFN2/c24-17-8-10-19(15-3-1-4-18(25)14-15)16(13-17)7-9-20-21(5-2-6-22(20)26)23-27-11-12-28-23;24-16-9-11-17(18-4-1-2-6-21(18)25)15(14-16)8-10-19-20(5-3-7-22(19)26)23-27-12-13-28-23;24-22-12-6-11-21(23-25-15-16-26-23)20(22)14-13-18-9-4-5-10-19(18)17-7-2-1-3-8-17;1-27-21-10-5-14-13-15(23)6-7-16(14)18(21)9-8-17-19(3-2-4-20(17)24)22-25-11-12-26-22;22-19-7-3-6-18(21-24-12-13-25-21)16(19)10-8-14-9-11-20(23)17-5-2-1-4-15(14)17/h1-6,8,10,13-14H,7,9,11-12H2,(H,27,28);1-7,9,11,14H,8,10,12-13H2,(H,27,28);1-12H,13-16H2,(H,25,26);2-7,10,13H,8-9,11-12H2,1H3,(H,25,26);1-7,9,11H,8,10,12-13H2,(H,24,25). The van der Waals surface area contributed by atoms with E-state index >= 15 is 0 Å². The summed E-state index contributed by atoms with van der Waals surface area (Å²) in [5.74, 6) is 5.46. The van der Waals surface area contributed by atoms with Gasteiger partial charge in [-0.3, -0.25) is 25.0 Å². The van der Waals surface area contributed by atoms with Crippen LogP contribution in [0.2, 0.25) is 35.2 Å². The number of hydrogen-bond acceptors (Lipinski definition) is 11. The predicted molar refractivity (Wildman–Crippen MR) is 574 cm³/mol. The highest BCUT2D eigenvalue weighted by Crippen LogP contribution is 2.39. The molecular weight excluding hydrogens is 2010 g/mol. The number of nitrogens with zero attached hydrogens (tertiary/aromatic N) is 5. The Hall–Kier alpha value is -10.6. The Kier molecular flexibility index (Phi) is 34.0. The molecule has 11 nitrogen and oxygen atoms in total. The smallest absolute Gasteiger partial charge is 0.131 e. The molecule has 0 radical (unpaired) electrons. The SMILES string of the molecule is COc1ccc2cc(Br)ccc2c1CCc1c(Cl)cccc1C1=NCCN1.Clc1cccc(-c2ccc(Br)cc2CCc2c(Cl)cccc2C2=NCCN2)c1.Clc1cccc(C2=NCCN2)c1CCc1ccccc1-c1ccccc1.Clc1ccccc1-c1ccc(Br)cc1CCc1c(Cl)cccc1C1=NCCN1.Fc1ccc(CCc2c(Cl)cccc2C2=NCCN2)c2ccccc12. The fourth-order valence-electron chi connectivity index (χ4n) is 17.7. The molecule has 0 amide bonds. The minimum Gasteiger partial charge on any atom is -0.496 e. The van der Waals surface area contributed by atoms with Gasteiger partial charge in [0.05, 0.1) is 39.8 Å². The topological polar surface area (TPSA) is 131 Å². The summed E-state index contributed by atoms with van der Waals surface area (Å²) in [7, 11) is 1.72. The lowest BCUT2D eigenvalue weighted by molar-refractivity contribution is 0.410. The average molecular weight is 2110 g/mol. The number of hydrogen-bond donors (Lipinski definition) is 5. The van der Waals surface area contributed by atoms with Crippen molar-refractivity contribution >= 4 is 180 Å². The van der Waals surface area contributed by atoms with E-state index in [0.717, 1.165) is 291 Å². The van der Waals surface area contributed by atoms with Gasteiger partial charge in [0.25, 0.3) is 0 Å². The molecule has 0 bridgehead atoms. The minimum absolute atomic E-state index is 0.178. The van der Waals surface area contributed by atoms with Crippen LogP contribution in [0.3, 0.4) is 0 Å². The van der Waals surface area contributed by atoms with E-state index in [1.165, 1.54) is 55.3 Å². The third-order valence-corrected chi connectivity index (χ3v) is 28.0. The molecule has 0 spiro atoms.